The van der Waals surface area contributed by atoms with Gasteiger partial charge in [0, 0.05) is 17.9 Å². The molecule has 0 aliphatic heterocycles. The predicted molar refractivity (Wildman–Crippen MR) is 129 cm³/mol. The molecule has 0 saturated carbocycles. The van der Waals surface area contributed by atoms with Crippen molar-refractivity contribution in [3.05, 3.63) is 108 Å². The minimum Gasteiger partial charge on any atom is -0.487 e. The second-order valence-corrected chi connectivity index (χ2v) is 7.26. The average molecular weight is 422 g/mol. The van der Waals surface area contributed by atoms with Crippen LogP contribution in [0, 0.1) is 10.8 Å². The van der Waals surface area contributed by atoms with E-state index in [4.69, 9.17) is 20.3 Å². The molecule has 158 valence electrons. The van der Waals surface area contributed by atoms with Crippen LogP contribution in [0.25, 0.3) is 22.6 Å². The van der Waals surface area contributed by atoms with Gasteiger partial charge in [-0.05, 0) is 41.5 Å². The smallest absolute Gasteiger partial charge is 0.221 e. The van der Waals surface area contributed by atoms with Crippen molar-refractivity contribution < 1.29 is 9.47 Å². The first-order valence-electron chi connectivity index (χ1n) is 10.2. The zero-order valence-electron chi connectivity index (χ0n) is 17.7. The fraction of sp³-hybridized carbons (Fsp3) is 0.0741. The molecular weight excluding hydrogens is 398 g/mol. The van der Waals surface area contributed by atoms with Crippen molar-refractivity contribution in [1.82, 2.24) is 4.98 Å². The maximum absolute atomic E-state index is 8.31. The second-order valence-electron chi connectivity index (χ2n) is 7.26. The van der Waals surface area contributed by atoms with Crippen LogP contribution in [0.3, 0.4) is 0 Å². The van der Waals surface area contributed by atoms with Gasteiger partial charge in [-0.1, -0.05) is 66.7 Å². The van der Waals surface area contributed by atoms with E-state index in [1.165, 1.54) is 6.92 Å². The number of benzene rings is 3. The fourth-order valence-corrected chi connectivity index (χ4v) is 3.28. The summed E-state index contributed by atoms with van der Waals surface area (Å²) >= 11 is 0. The predicted octanol–water partition coefficient (Wildman–Crippen LogP) is 6.35. The number of nitrogens with one attached hydrogen (secondary N) is 2. The zero-order chi connectivity index (χ0) is 22.3. The lowest BCUT2D eigenvalue weighted by Crippen LogP contribution is -2.09. The Hall–Kier alpha value is -4.25. The van der Waals surface area contributed by atoms with E-state index in [2.05, 4.69) is 4.98 Å². The second kappa shape index (κ2) is 9.71. The van der Waals surface area contributed by atoms with Crippen molar-refractivity contribution >= 4 is 34.3 Å². The SMILES string of the molecule is CC(=N)OC(=N)/C(=C/c1ccccc1)c1ccc(OCc2ccc3ccccc3n2)cc1. The monoisotopic (exact) mass is 421 g/mol. The van der Waals surface area contributed by atoms with Crippen LogP contribution in [-0.2, 0) is 11.3 Å². The third kappa shape index (κ3) is 5.26. The third-order valence-electron chi connectivity index (χ3n) is 4.82. The van der Waals surface area contributed by atoms with Gasteiger partial charge in [0.25, 0.3) is 0 Å². The van der Waals surface area contributed by atoms with Crippen molar-refractivity contribution in [2.24, 2.45) is 0 Å². The summed E-state index contributed by atoms with van der Waals surface area (Å²) in [5, 5.41) is 17.0. The molecule has 0 bridgehead atoms. The van der Waals surface area contributed by atoms with Gasteiger partial charge in [0.1, 0.15) is 12.4 Å². The molecule has 0 aliphatic carbocycles. The Bertz CT molecular complexity index is 1280. The Balaban J connectivity index is 1.52. The Morgan fingerprint density at radius 3 is 2.31 bits per heavy atom. The number of rotatable bonds is 6. The minimum absolute atomic E-state index is 0.0307. The maximum Gasteiger partial charge on any atom is 0.221 e. The summed E-state index contributed by atoms with van der Waals surface area (Å²) in [5.41, 5.74) is 4.14. The number of hydrogen-bond donors (Lipinski definition) is 2. The number of nitrogens with zero attached hydrogens (tertiary/aromatic N) is 1. The molecule has 5 heteroatoms. The van der Waals surface area contributed by atoms with Crippen LogP contribution in [0.15, 0.2) is 91.0 Å². The van der Waals surface area contributed by atoms with E-state index >= 15 is 0 Å². The number of hydrogen-bond acceptors (Lipinski definition) is 5. The molecule has 0 atom stereocenters. The number of aromatic nitrogens is 1. The van der Waals surface area contributed by atoms with E-state index in [0.717, 1.165) is 27.7 Å². The lowest BCUT2D eigenvalue weighted by molar-refractivity contribution is 0.302. The lowest BCUT2D eigenvalue weighted by atomic mass is 10.0. The molecule has 0 unspecified atom stereocenters. The van der Waals surface area contributed by atoms with Gasteiger partial charge in [-0.25, -0.2) is 4.98 Å². The first-order chi connectivity index (χ1) is 15.6. The molecular formula is C27H23N3O2. The normalized spacial score (nSPS) is 11.2. The van der Waals surface area contributed by atoms with Crippen molar-refractivity contribution in [2.75, 3.05) is 0 Å². The highest BCUT2D eigenvalue weighted by Crippen LogP contribution is 2.24. The molecule has 32 heavy (non-hydrogen) atoms. The molecule has 0 aliphatic rings. The Morgan fingerprint density at radius 2 is 1.56 bits per heavy atom. The molecule has 0 amide bonds. The number of pyridine rings is 1. The molecule has 0 radical (unpaired) electrons. The van der Waals surface area contributed by atoms with E-state index < -0.39 is 0 Å². The first kappa shape index (κ1) is 21.0. The fourth-order valence-electron chi connectivity index (χ4n) is 3.28. The van der Waals surface area contributed by atoms with Gasteiger partial charge in [0.15, 0.2) is 5.90 Å². The Kier molecular flexibility index (Phi) is 6.37. The maximum atomic E-state index is 8.31. The van der Waals surface area contributed by atoms with Crippen LogP contribution in [0.1, 0.15) is 23.7 Å². The standard InChI is InChI=1S/C27H23N3O2/c1-19(28)32-27(29)25(17-20-7-3-2-4-8-20)21-12-15-24(16-13-21)31-18-23-14-11-22-9-5-6-10-26(22)30-23/h2-17,28-29H,18H2,1H3/b25-17+,28-19?,29-27?. The van der Waals surface area contributed by atoms with E-state index in [9.17, 15) is 0 Å². The topological polar surface area (TPSA) is 79.0 Å². The highest BCUT2D eigenvalue weighted by Gasteiger charge is 2.12. The molecule has 4 rings (SSSR count). The molecule has 1 aromatic heterocycles. The minimum atomic E-state index is -0.0737. The van der Waals surface area contributed by atoms with Gasteiger partial charge >= 0.3 is 0 Å². The van der Waals surface area contributed by atoms with Gasteiger partial charge in [-0.3, -0.25) is 10.8 Å². The number of para-hydroxylation sites is 1. The Morgan fingerprint density at radius 1 is 0.844 bits per heavy atom. The van der Waals surface area contributed by atoms with Crippen LogP contribution >= 0.6 is 0 Å². The molecule has 0 fully saturated rings. The molecule has 2 N–H and O–H groups in total. The van der Waals surface area contributed by atoms with Gasteiger partial charge in [0.05, 0.1) is 11.2 Å². The average Bonchev–Trinajstić information content (AvgIpc) is 2.82. The van der Waals surface area contributed by atoms with Gasteiger partial charge < -0.3 is 9.47 Å². The largest absolute Gasteiger partial charge is 0.487 e. The zero-order valence-corrected chi connectivity index (χ0v) is 17.7. The van der Waals surface area contributed by atoms with Gasteiger partial charge in [-0.2, -0.15) is 0 Å². The van der Waals surface area contributed by atoms with Crippen LogP contribution in [0.2, 0.25) is 0 Å². The van der Waals surface area contributed by atoms with Gasteiger partial charge in [0.2, 0.25) is 5.90 Å². The van der Waals surface area contributed by atoms with E-state index in [-0.39, 0.29) is 11.8 Å². The van der Waals surface area contributed by atoms with Crippen molar-refractivity contribution in [2.45, 2.75) is 13.5 Å². The molecule has 5 nitrogen and oxygen atoms in total. The lowest BCUT2D eigenvalue weighted by Gasteiger charge is -2.12. The molecule has 0 spiro atoms. The molecule has 3 aromatic carbocycles. The summed E-state index contributed by atoms with van der Waals surface area (Å²) in [5.74, 6) is 0.602. The van der Waals surface area contributed by atoms with Crippen LogP contribution in [0.4, 0.5) is 0 Å². The summed E-state index contributed by atoms with van der Waals surface area (Å²) in [7, 11) is 0. The summed E-state index contributed by atoms with van der Waals surface area (Å²) in [6.07, 6.45) is 1.88. The quantitative estimate of drug-likeness (QED) is 0.216. The first-order valence-corrected chi connectivity index (χ1v) is 10.2. The van der Waals surface area contributed by atoms with Crippen molar-refractivity contribution in [3.8, 4) is 5.75 Å². The highest BCUT2D eigenvalue weighted by molar-refractivity contribution is 6.25. The molecule has 1 heterocycles. The summed E-state index contributed by atoms with van der Waals surface area (Å²) in [6, 6.07) is 29.2. The van der Waals surface area contributed by atoms with Crippen LogP contribution in [0.5, 0.6) is 5.75 Å². The van der Waals surface area contributed by atoms with Crippen LogP contribution in [-0.4, -0.2) is 16.8 Å². The van der Waals surface area contributed by atoms with Crippen molar-refractivity contribution in [3.63, 3.8) is 0 Å². The van der Waals surface area contributed by atoms with Gasteiger partial charge in [-0.15, -0.1) is 0 Å². The molecule has 4 aromatic rings. The summed E-state index contributed by atoms with van der Waals surface area (Å²) in [6.45, 7) is 1.87. The van der Waals surface area contributed by atoms with E-state index in [0.29, 0.717) is 17.9 Å². The summed E-state index contributed by atoms with van der Waals surface area (Å²) in [4.78, 5) is 4.63. The third-order valence-corrected chi connectivity index (χ3v) is 4.82. The van der Waals surface area contributed by atoms with Crippen molar-refractivity contribution in [1.29, 1.82) is 10.8 Å². The van der Waals surface area contributed by atoms with Crippen LogP contribution < -0.4 is 4.74 Å². The number of fused-ring (bicyclic) bond motifs is 1. The highest BCUT2D eigenvalue weighted by atomic mass is 16.5. The van der Waals surface area contributed by atoms with E-state index in [1.807, 2.05) is 97.1 Å². The number of ether oxygens (including phenoxy) is 2. The molecule has 0 saturated heterocycles. The summed E-state index contributed by atoms with van der Waals surface area (Å²) < 4.78 is 11.2. The van der Waals surface area contributed by atoms with E-state index in [1.54, 1.807) is 0 Å². The Labute approximate surface area is 187 Å².